The normalized spacial score (nSPS) is 13.4. The van der Waals surface area contributed by atoms with Crippen molar-refractivity contribution in [3.05, 3.63) is 0 Å². The predicted molar refractivity (Wildman–Crippen MR) is 63.8 cm³/mol. The molecule has 0 aromatic rings. The standard InChI is InChI=1S/C11H23N3O2/c1-7(2)13-10(16)8(3)14-9(15)6-11(4,5)12/h7-8H,6,12H2,1-5H3,(H,13,16)(H,14,15). The second-order valence-electron chi connectivity index (χ2n) is 5.12. The Bertz CT molecular complexity index is 256. The highest BCUT2D eigenvalue weighted by atomic mass is 16.2. The average molecular weight is 229 g/mol. The molecule has 1 atom stereocenters. The summed E-state index contributed by atoms with van der Waals surface area (Å²) in [5, 5.41) is 5.34. The lowest BCUT2D eigenvalue weighted by molar-refractivity contribution is -0.129. The summed E-state index contributed by atoms with van der Waals surface area (Å²) in [6.07, 6.45) is 0.201. The maximum atomic E-state index is 11.5. The van der Waals surface area contributed by atoms with E-state index >= 15 is 0 Å². The van der Waals surface area contributed by atoms with Crippen LogP contribution in [-0.4, -0.2) is 29.4 Å². The van der Waals surface area contributed by atoms with Gasteiger partial charge >= 0.3 is 0 Å². The first-order valence-electron chi connectivity index (χ1n) is 5.50. The largest absolute Gasteiger partial charge is 0.352 e. The molecule has 4 N–H and O–H groups in total. The maximum absolute atomic E-state index is 11.5. The van der Waals surface area contributed by atoms with Crippen LogP contribution in [0.5, 0.6) is 0 Å². The summed E-state index contributed by atoms with van der Waals surface area (Å²) >= 11 is 0. The lowest BCUT2D eigenvalue weighted by Gasteiger charge is -2.20. The summed E-state index contributed by atoms with van der Waals surface area (Å²) < 4.78 is 0. The fourth-order valence-corrected chi connectivity index (χ4v) is 1.18. The van der Waals surface area contributed by atoms with Crippen LogP contribution in [0.15, 0.2) is 0 Å². The Morgan fingerprint density at radius 3 is 2.06 bits per heavy atom. The third-order valence-electron chi connectivity index (χ3n) is 1.82. The minimum Gasteiger partial charge on any atom is -0.352 e. The fraction of sp³-hybridized carbons (Fsp3) is 0.818. The van der Waals surface area contributed by atoms with Crippen LogP contribution in [-0.2, 0) is 9.59 Å². The van der Waals surface area contributed by atoms with Crippen LogP contribution < -0.4 is 16.4 Å². The first-order valence-corrected chi connectivity index (χ1v) is 5.50. The molecule has 0 bridgehead atoms. The molecular weight excluding hydrogens is 206 g/mol. The first kappa shape index (κ1) is 14.9. The van der Waals surface area contributed by atoms with Crippen molar-refractivity contribution in [3.8, 4) is 0 Å². The minimum absolute atomic E-state index is 0.0674. The van der Waals surface area contributed by atoms with E-state index < -0.39 is 11.6 Å². The molecule has 0 spiro atoms. The Morgan fingerprint density at radius 1 is 1.19 bits per heavy atom. The highest BCUT2D eigenvalue weighted by molar-refractivity contribution is 5.87. The zero-order chi connectivity index (χ0) is 12.9. The lowest BCUT2D eigenvalue weighted by Crippen LogP contribution is -2.49. The molecule has 0 aromatic carbocycles. The van der Waals surface area contributed by atoms with Gasteiger partial charge in [-0.1, -0.05) is 0 Å². The molecular formula is C11H23N3O2. The Morgan fingerprint density at radius 2 is 1.69 bits per heavy atom. The molecule has 0 aliphatic carbocycles. The number of rotatable bonds is 5. The number of carbonyl (C=O) groups excluding carboxylic acids is 2. The molecule has 16 heavy (non-hydrogen) atoms. The van der Waals surface area contributed by atoms with E-state index in [4.69, 9.17) is 5.73 Å². The summed E-state index contributed by atoms with van der Waals surface area (Å²) in [4.78, 5) is 23.0. The van der Waals surface area contributed by atoms with Crippen molar-refractivity contribution in [1.82, 2.24) is 10.6 Å². The third kappa shape index (κ3) is 7.23. The summed E-state index contributed by atoms with van der Waals surface area (Å²) in [6.45, 7) is 8.93. The number of nitrogens with one attached hydrogen (secondary N) is 2. The highest BCUT2D eigenvalue weighted by Crippen LogP contribution is 2.03. The van der Waals surface area contributed by atoms with Crippen molar-refractivity contribution in [2.24, 2.45) is 5.73 Å². The number of hydrogen-bond donors (Lipinski definition) is 3. The molecule has 0 saturated carbocycles. The van der Waals surface area contributed by atoms with E-state index in [1.54, 1.807) is 20.8 Å². The molecule has 0 fully saturated rings. The Kier molecular flexibility index (Phi) is 5.44. The van der Waals surface area contributed by atoms with Crippen molar-refractivity contribution >= 4 is 11.8 Å². The van der Waals surface area contributed by atoms with Gasteiger partial charge in [-0.05, 0) is 34.6 Å². The van der Waals surface area contributed by atoms with Crippen LogP contribution in [0.1, 0.15) is 41.0 Å². The van der Waals surface area contributed by atoms with Gasteiger partial charge in [0.25, 0.3) is 0 Å². The van der Waals surface area contributed by atoms with Gasteiger partial charge in [0.05, 0.1) is 0 Å². The van der Waals surface area contributed by atoms with Gasteiger partial charge < -0.3 is 16.4 Å². The van der Waals surface area contributed by atoms with E-state index in [0.717, 1.165) is 0 Å². The molecule has 5 nitrogen and oxygen atoms in total. The summed E-state index contributed by atoms with van der Waals surface area (Å²) in [6, 6.07) is -0.463. The molecule has 94 valence electrons. The Hall–Kier alpha value is -1.10. The second-order valence-corrected chi connectivity index (χ2v) is 5.12. The van der Waals surface area contributed by atoms with E-state index in [0.29, 0.717) is 0 Å². The van der Waals surface area contributed by atoms with Crippen LogP contribution in [0.4, 0.5) is 0 Å². The molecule has 2 amide bonds. The number of hydrogen-bond acceptors (Lipinski definition) is 3. The average Bonchev–Trinajstić information content (AvgIpc) is 1.98. The fourth-order valence-electron chi connectivity index (χ4n) is 1.18. The quantitative estimate of drug-likeness (QED) is 0.627. The van der Waals surface area contributed by atoms with Gasteiger partial charge in [0.15, 0.2) is 0 Å². The zero-order valence-electron chi connectivity index (χ0n) is 10.8. The molecule has 0 heterocycles. The zero-order valence-corrected chi connectivity index (χ0v) is 10.8. The molecule has 5 heteroatoms. The van der Waals surface area contributed by atoms with Crippen LogP contribution in [0.2, 0.25) is 0 Å². The summed E-state index contributed by atoms with van der Waals surface area (Å²) in [7, 11) is 0. The summed E-state index contributed by atoms with van der Waals surface area (Å²) in [5.41, 5.74) is 5.15. The maximum Gasteiger partial charge on any atom is 0.242 e. The SMILES string of the molecule is CC(C)NC(=O)C(C)NC(=O)CC(C)(C)N. The van der Waals surface area contributed by atoms with Crippen LogP contribution in [0.3, 0.4) is 0 Å². The van der Waals surface area contributed by atoms with Crippen molar-refractivity contribution in [2.75, 3.05) is 0 Å². The van der Waals surface area contributed by atoms with Gasteiger partial charge in [-0.25, -0.2) is 0 Å². The van der Waals surface area contributed by atoms with Crippen molar-refractivity contribution in [2.45, 2.75) is 58.7 Å². The molecule has 1 unspecified atom stereocenters. The first-order chi connectivity index (χ1) is 7.11. The lowest BCUT2D eigenvalue weighted by atomic mass is 10.0. The predicted octanol–water partition coefficient (Wildman–Crippen LogP) is 0.143. The minimum atomic E-state index is -0.557. The van der Waals surface area contributed by atoms with E-state index in [1.807, 2.05) is 13.8 Å². The third-order valence-corrected chi connectivity index (χ3v) is 1.82. The van der Waals surface area contributed by atoms with Crippen LogP contribution in [0.25, 0.3) is 0 Å². The topological polar surface area (TPSA) is 84.2 Å². The molecule has 0 saturated heterocycles. The van der Waals surface area contributed by atoms with Crippen molar-refractivity contribution in [3.63, 3.8) is 0 Å². The van der Waals surface area contributed by atoms with Gasteiger partial charge in [0, 0.05) is 18.0 Å². The number of carbonyl (C=O) groups is 2. The molecule has 0 radical (unpaired) electrons. The second kappa shape index (κ2) is 5.84. The number of amides is 2. The smallest absolute Gasteiger partial charge is 0.242 e. The van der Waals surface area contributed by atoms with Gasteiger partial charge in [0.1, 0.15) is 6.04 Å². The van der Waals surface area contributed by atoms with Gasteiger partial charge in [0.2, 0.25) is 11.8 Å². The Balaban J connectivity index is 4.09. The van der Waals surface area contributed by atoms with E-state index in [1.165, 1.54) is 0 Å². The monoisotopic (exact) mass is 229 g/mol. The van der Waals surface area contributed by atoms with Crippen LogP contribution >= 0.6 is 0 Å². The molecule has 0 aliphatic rings. The van der Waals surface area contributed by atoms with E-state index in [-0.39, 0.29) is 24.3 Å². The highest BCUT2D eigenvalue weighted by Gasteiger charge is 2.20. The van der Waals surface area contributed by atoms with E-state index in [9.17, 15) is 9.59 Å². The number of nitrogens with two attached hydrogens (primary N) is 1. The molecule has 0 aromatic heterocycles. The van der Waals surface area contributed by atoms with Gasteiger partial charge in [-0.15, -0.1) is 0 Å². The summed E-state index contributed by atoms with van der Waals surface area (Å²) in [5.74, 6) is -0.392. The molecule has 0 rings (SSSR count). The van der Waals surface area contributed by atoms with Crippen LogP contribution in [0, 0.1) is 0 Å². The van der Waals surface area contributed by atoms with Gasteiger partial charge in [-0.2, -0.15) is 0 Å². The molecule has 0 aliphatic heterocycles. The Labute approximate surface area is 97.2 Å². The van der Waals surface area contributed by atoms with E-state index in [2.05, 4.69) is 10.6 Å². The van der Waals surface area contributed by atoms with Gasteiger partial charge in [-0.3, -0.25) is 9.59 Å². The van der Waals surface area contributed by atoms with Crippen molar-refractivity contribution < 1.29 is 9.59 Å². The van der Waals surface area contributed by atoms with Crippen molar-refractivity contribution in [1.29, 1.82) is 0 Å².